The summed E-state index contributed by atoms with van der Waals surface area (Å²) in [6.45, 7) is 8.97. The van der Waals surface area contributed by atoms with E-state index >= 15 is 0 Å². The van der Waals surface area contributed by atoms with Gasteiger partial charge in [-0.2, -0.15) is 0 Å². The van der Waals surface area contributed by atoms with Gasteiger partial charge in [-0.25, -0.2) is 4.79 Å². The van der Waals surface area contributed by atoms with Gasteiger partial charge in [0, 0.05) is 13.5 Å². The second-order valence-electron chi connectivity index (χ2n) is 5.01. The van der Waals surface area contributed by atoms with Gasteiger partial charge >= 0.3 is 12.1 Å². The van der Waals surface area contributed by atoms with Crippen molar-refractivity contribution >= 4 is 12.1 Å². The molecule has 0 saturated carbocycles. The smallest absolute Gasteiger partial charge is 0.411 e. The number of carbonyl (C=O) groups is 2. The Balaban J connectivity index is 2.61. The van der Waals surface area contributed by atoms with Gasteiger partial charge < -0.3 is 9.47 Å². The largest absolute Gasteiger partial charge is 0.444 e. The number of carbonyl (C=O) groups excluding carboxylic acids is 2. The molecule has 0 N–H and O–H groups in total. The molecule has 1 unspecified atom stereocenters. The number of amides is 1. The van der Waals surface area contributed by atoms with Crippen molar-refractivity contribution < 1.29 is 19.1 Å². The Hall–Kier alpha value is -1.52. The monoisotopic (exact) mass is 241 g/mol. The average molecular weight is 241 g/mol. The van der Waals surface area contributed by atoms with Crippen LogP contribution in [0, 0.1) is 0 Å². The Morgan fingerprint density at radius 3 is 2.47 bits per heavy atom. The maximum Gasteiger partial charge on any atom is 0.411 e. The first-order valence-electron chi connectivity index (χ1n) is 5.59. The summed E-state index contributed by atoms with van der Waals surface area (Å²) < 4.78 is 10.3. The fourth-order valence-corrected chi connectivity index (χ4v) is 1.52. The zero-order valence-corrected chi connectivity index (χ0v) is 10.9. The van der Waals surface area contributed by atoms with Crippen LogP contribution in [0.5, 0.6) is 0 Å². The third-order valence-corrected chi connectivity index (χ3v) is 2.26. The Kier molecular flexibility index (Phi) is 3.80. The van der Waals surface area contributed by atoms with Crippen LogP contribution in [0.4, 0.5) is 4.79 Å². The lowest BCUT2D eigenvalue weighted by Gasteiger charge is -2.27. The Morgan fingerprint density at radius 2 is 2.00 bits per heavy atom. The summed E-state index contributed by atoms with van der Waals surface area (Å²) in [7, 11) is 0. The second-order valence-corrected chi connectivity index (χ2v) is 5.01. The summed E-state index contributed by atoms with van der Waals surface area (Å²) in [4.78, 5) is 24.2. The van der Waals surface area contributed by atoms with Crippen molar-refractivity contribution in [3.05, 3.63) is 11.8 Å². The van der Waals surface area contributed by atoms with E-state index in [4.69, 9.17) is 9.47 Å². The van der Waals surface area contributed by atoms with Gasteiger partial charge in [-0.05, 0) is 33.8 Å². The highest BCUT2D eigenvalue weighted by atomic mass is 16.6. The molecule has 0 bridgehead atoms. The Bertz CT molecular complexity index is 354. The molecule has 17 heavy (non-hydrogen) atoms. The van der Waals surface area contributed by atoms with E-state index in [0.29, 0.717) is 12.3 Å². The molecule has 1 aliphatic heterocycles. The molecule has 0 radical (unpaired) electrons. The summed E-state index contributed by atoms with van der Waals surface area (Å²) in [6.07, 6.45) is 1.32. The van der Waals surface area contributed by atoms with Gasteiger partial charge in [0.2, 0.25) is 0 Å². The first-order chi connectivity index (χ1) is 7.70. The number of hydrogen-bond acceptors (Lipinski definition) is 4. The Morgan fingerprint density at radius 1 is 1.41 bits per heavy atom. The topological polar surface area (TPSA) is 55.8 Å². The fourth-order valence-electron chi connectivity index (χ4n) is 1.52. The van der Waals surface area contributed by atoms with Gasteiger partial charge in [-0.3, -0.25) is 9.69 Å². The molecule has 0 aliphatic carbocycles. The van der Waals surface area contributed by atoms with E-state index in [1.807, 2.05) is 20.8 Å². The van der Waals surface area contributed by atoms with Gasteiger partial charge in [0.1, 0.15) is 11.4 Å². The van der Waals surface area contributed by atoms with Gasteiger partial charge in [-0.1, -0.05) is 0 Å². The van der Waals surface area contributed by atoms with E-state index in [9.17, 15) is 9.59 Å². The minimum atomic E-state index is -0.527. The lowest BCUT2D eigenvalue weighted by molar-refractivity contribution is -0.137. The molecule has 0 fully saturated rings. The fraction of sp³-hybridized carbons (Fsp3) is 0.667. The highest BCUT2D eigenvalue weighted by molar-refractivity contribution is 5.71. The summed E-state index contributed by atoms with van der Waals surface area (Å²) in [6, 6.07) is -0.270. The molecule has 0 saturated heterocycles. The van der Waals surface area contributed by atoms with Gasteiger partial charge in [0.05, 0.1) is 6.04 Å². The van der Waals surface area contributed by atoms with Gasteiger partial charge in [0.25, 0.3) is 0 Å². The van der Waals surface area contributed by atoms with Gasteiger partial charge in [0.15, 0.2) is 0 Å². The lowest BCUT2D eigenvalue weighted by Crippen LogP contribution is -2.40. The van der Waals surface area contributed by atoms with E-state index in [-0.39, 0.29) is 12.0 Å². The molecule has 1 rings (SSSR count). The highest BCUT2D eigenvalue weighted by Gasteiger charge is 2.32. The average Bonchev–Trinajstić information content (AvgIpc) is 2.44. The molecule has 1 atom stereocenters. The predicted molar refractivity (Wildman–Crippen MR) is 62.3 cm³/mol. The lowest BCUT2D eigenvalue weighted by atomic mass is 10.2. The van der Waals surface area contributed by atoms with Crippen molar-refractivity contribution in [2.45, 2.75) is 46.3 Å². The third-order valence-electron chi connectivity index (χ3n) is 2.26. The van der Waals surface area contributed by atoms with Crippen LogP contribution >= 0.6 is 0 Å². The molecule has 1 heterocycles. The van der Waals surface area contributed by atoms with Crippen molar-refractivity contribution in [3.63, 3.8) is 0 Å². The minimum Gasteiger partial charge on any atom is -0.444 e. The molecular weight excluding hydrogens is 222 g/mol. The van der Waals surface area contributed by atoms with Crippen LogP contribution in [0.15, 0.2) is 11.8 Å². The number of esters is 1. The predicted octanol–water partition coefficient (Wildman–Crippen LogP) is 2.07. The molecule has 0 aromatic carbocycles. The number of rotatable bonds is 1. The zero-order valence-electron chi connectivity index (χ0n) is 10.9. The summed E-state index contributed by atoms with van der Waals surface area (Å²) >= 11 is 0. The van der Waals surface area contributed by atoms with Crippen LogP contribution < -0.4 is 0 Å². The molecule has 5 heteroatoms. The molecule has 0 aromatic rings. The third kappa shape index (κ3) is 3.76. The molecule has 1 aliphatic rings. The maximum atomic E-state index is 11.8. The molecule has 96 valence electrons. The number of hydrogen-bond donors (Lipinski definition) is 0. The maximum absolute atomic E-state index is 11.8. The molecule has 5 nitrogen and oxygen atoms in total. The Labute approximate surface area is 101 Å². The normalized spacial score (nSPS) is 19.9. The summed E-state index contributed by atoms with van der Waals surface area (Å²) in [5, 5.41) is 0. The molecular formula is C12H19NO4. The zero-order chi connectivity index (χ0) is 13.2. The standard InChI is InChI=1S/C12H19NO4/c1-8-10(16-9(2)14)6-7-13(8)11(15)17-12(3,4)5/h6,8H,7H2,1-5H3. The number of nitrogens with zero attached hydrogens (tertiary/aromatic N) is 1. The van der Waals surface area contributed by atoms with Crippen LogP contribution in [0.2, 0.25) is 0 Å². The van der Waals surface area contributed by atoms with Crippen molar-refractivity contribution in [2.75, 3.05) is 6.54 Å². The highest BCUT2D eigenvalue weighted by Crippen LogP contribution is 2.22. The van der Waals surface area contributed by atoms with Crippen molar-refractivity contribution in [2.24, 2.45) is 0 Å². The van der Waals surface area contributed by atoms with Crippen LogP contribution in [-0.4, -0.2) is 35.2 Å². The van der Waals surface area contributed by atoms with E-state index in [1.165, 1.54) is 11.8 Å². The quantitative estimate of drug-likeness (QED) is 0.659. The van der Waals surface area contributed by atoms with Crippen molar-refractivity contribution in [1.29, 1.82) is 0 Å². The summed E-state index contributed by atoms with van der Waals surface area (Å²) in [5.74, 6) is 0.123. The van der Waals surface area contributed by atoms with Crippen molar-refractivity contribution in [1.82, 2.24) is 4.90 Å². The first-order valence-corrected chi connectivity index (χ1v) is 5.59. The summed E-state index contributed by atoms with van der Waals surface area (Å²) in [5.41, 5.74) is -0.527. The second kappa shape index (κ2) is 4.77. The molecule has 0 spiro atoms. The van der Waals surface area contributed by atoms with E-state index < -0.39 is 11.7 Å². The first kappa shape index (κ1) is 13.5. The van der Waals surface area contributed by atoms with E-state index in [0.717, 1.165) is 0 Å². The molecule has 1 amide bonds. The van der Waals surface area contributed by atoms with E-state index in [2.05, 4.69) is 0 Å². The van der Waals surface area contributed by atoms with Crippen molar-refractivity contribution in [3.8, 4) is 0 Å². The SMILES string of the molecule is CC(=O)OC1=CCN(C(=O)OC(C)(C)C)C1C. The molecule has 0 aromatic heterocycles. The van der Waals surface area contributed by atoms with Gasteiger partial charge in [-0.15, -0.1) is 0 Å². The van der Waals surface area contributed by atoms with Crippen LogP contribution in [-0.2, 0) is 14.3 Å². The van der Waals surface area contributed by atoms with Crippen LogP contribution in [0.1, 0.15) is 34.6 Å². The van der Waals surface area contributed by atoms with Crippen LogP contribution in [0.25, 0.3) is 0 Å². The minimum absolute atomic E-state index is 0.270. The number of ether oxygens (including phenoxy) is 2. The van der Waals surface area contributed by atoms with Crippen LogP contribution in [0.3, 0.4) is 0 Å². The van der Waals surface area contributed by atoms with E-state index in [1.54, 1.807) is 13.0 Å².